The molecule has 1 N–H and O–H groups in total. The summed E-state index contributed by atoms with van der Waals surface area (Å²) in [6, 6.07) is 8.99. The molecule has 0 atom stereocenters. The van der Waals surface area contributed by atoms with E-state index < -0.39 is 0 Å². The van der Waals surface area contributed by atoms with Gasteiger partial charge in [-0.2, -0.15) is 4.98 Å². The van der Waals surface area contributed by atoms with Crippen LogP contribution in [-0.2, 0) is 0 Å². The van der Waals surface area contributed by atoms with Crippen molar-refractivity contribution in [3.05, 3.63) is 41.3 Å². The summed E-state index contributed by atoms with van der Waals surface area (Å²) in [5.41, 5.74) is 4.34. The molecule has 1 aliphatic rings. The van der Waals surface area contributed by atoms with Gasteiger partial charge in [0, 0.05) is 12.6 Å². The highest BCUT2D eigenvalue weighted by atomic mass is 16.5. The molecule has 1 aromatic heterocycles. The monoisotopic (exact) mass is 339 g/mol. The standard InChI is InChI=1S/C21H29N3O/c1-15-9-7-8-12-19(15)20-16(2)23-17(3)24-21(20)25-14-13-22-18-10-5-4-6-11-18/h7-9,12,18,22H,4-6,10-11,13-14H2,1-3H3. The van der Waals surface area contributed by atoms with Gasteiger partial charge < -0.3 is 10.1 Å². The third kappa shape index (κ3) is 4.57. The molecule has 0 amide bonds. The molecule has 1 saturated carbocycles. The van der Waals surface area contributed by atoms with Crippen LogP contribution in [0.25, 0.3) is 11.1 Å². The molecule has 0 aliphatic heterocycles. The number of nitrogens with one attached hydrogen (secondary N) is 1. The van der Waals surface area contributed by atoms with Gasteiger partial charge in [0.2, 0.25) is 5.88 Å². The van der Waals surface area contributed by atoms with Crippen LogP contribution in [0.2, 0.25) is 0 Å². The molecule has 3 rings (SSSR count). The SMILES string of the molecule is Cc1nc(C)c(-c2ccccc2C)c(OCCNC2CCCCC2)n1. The Labute approximate surface area is 151 Å². The molecule has 1 aromatic carbocycles. The van der Waals surface area contributed by atoms with Gasteiger partial charge >= 0.3 is 0 Å². The Morgan fingerprint density at radius 3 is 2.56 bits per heavy atom. The van der Waals surface area contributed by atoms with Crippen molar-refractivity contribution in [1.29, 1.82) is 0 Å². The second-order valence-electron chi connectivity index (χ2n) is 6.99. The van der Waals surface area contributed by atoms with E-state index in [0.717, 1.165) is 29.2 Å². The van der Waals surface area contributed by atoms with Crippen LogP contribution in [0.5, 0.6) is 5.88 Å². The Kier molecular flexibility index (Phi) is 6.03. The van der Waals surface area contributed by atoms with Gasteiger partial charge in [-0.15, -0.1) is 0 Å². The Balaban J connectivity index is 1.71. The zero-order valence-electron chi connectivity index (χ0n) is 15.6. The fourth-order valence-electron chi connectivity index (χ4n) is 3.67. The maximum Gasteiger partial charge on any atom is 0.225 e. The second kappa shape index (κ2) is 8.43. The average Bonchev–Trinajstić information content (AvgIpc) is 2.60. The summed E-state index contributed by atoms with van der Waals surface area (Å²) in [6.07, 6.45) is 6.66. The van der Waals surface area contributed by atoms with Crippen LogP contribution in [0.4, 0.5) is 0 Å². The molecule has 2 aromatic rings. The van der Waals surface area contributed by atoms with E-state index in [0.29, 0.717) is 18.5 Å². The van der Waals surface area contributed by atoms with Crippen LogP contribution < -0.4 is 10.1 Å². The lowest BCUT2D eigenvalue weighted by molar-refractivity contribution is 0.281. The van der Waals surface area contributed by atoms with E-state index in [1.807, 2.05) is 13.8 Å². The third-order valence-corrected chi connectivity index (χ3v) is 4.96. The summed E-state index contributed by atoms with van der Waals surface area (Å²) in [4.78, 5) is 9.12. The quantitative estimate of drug-likeness (QED) is 0.794. The van der Waals surface area contributed by atoms with Gasteiger partial charge in [-0.3, -0.25) is 0 Å². The topological polar surface area (TPSA) is 47.0 Å². The Hall–Kier alpha value is -1.94. The summed E-state index contributed by atoms with van der Waals surface area (Å²) in [5.74, 6) is 1.45. The van der Waals surface area contributed by atoms with Crippen LogP contribution in [-0.4, -0.2) is 29.2 Å². The van der Waals surface area contributed by atoms with Gasteiger partial charge in [-0.05, 0) is 44.7 Å². The smallest absolute Gasteiger partial charge is 0.225 e. The number of hydrogen-bond donors (Lipinski definition) is 1. The Morgan fingerprint density at radius 2 is 1.80 bits per heavy atom. The lowest BCUT2D eigenvalue weighted by Gasteiger charge is -2.23. The van der Waals surface area contributed by atoms with E-state index in [9.17, 15) is 0 Å². The van der Waals surface area contributed by atoms with Gasteiger partial charge in [0.1, 0.15) is 12.4 Å². The zero-order chi connectivity index (χ0) is 17.6. The van der Waals surface area contributed by atoms with Crippen molar-refractivity contribution in [2.75, 3.05) is 13.2 Å². The van der Waals surface area contributed by atoms with E-state index in [4.69, 9.17) is 4.74 Å². The molecule has 1 fully saturated rings. The number of hydrogen-bond acceptors (Lipinski definition) is 4. The molecule has 0 bridgehead atoms. The lowest BCUT2D eigenvalue weighted by Crippen LogP contribution is -2.34. The number of ether oxygens (including phenoxy) is 1. The largest absolute Gasteiger partial charge is 0.476 e. The van der Waals surface area contributed by atoms with Crippen LogP contribution >= 0.6 is 0 Å². The first-order chi connectivity index (χ1) is 12.1. The highest BCUT2D eigenvalue weighted by Crippen LogP contribution is 2.33. The lowest BCUT2D eigenvalue weighted by atomic mass is 9.96. The number of nitrogens with zero attached hydrogens (tertiary/aromatic N) is 2. The summed E-state index contributed by atoms with van der Waals surface area (Å²) >= 11 is 0. The molecule has 1 aliphatic carbocycles. The molecule has 0 saturated heterocycles. The molecular weight excluding hydrogens is 310 g/mol. The molecule has 1 heterocycles. The van der Waals surface area contributed by atoms with Crippen LogP contribution in [0.1, 0.15) is 49.2 Å². The minimum absolute atomic E-state index is 0.630. The fourth-order valence-corrected chi connectivity index (χ4v) is 3.67. The molecule has 4 heteroatoms. The first kappa shape index (κ1) is 17.9. The minimum Gasteiger partial charge on any atom is -0.476 e. The molecule has 0 radical (unpaired) electrons. The Morgan fingerprint density at radius 1 is 1.04 bits per heavy atom. The molecule has 4 nitrogen and oxygen atoms in total. The number of aryl methyl sites for hydroxylation is 3. The summed E-state index contributed by atoms with van der Waals surface area (Å²) in [6.45, 7) is 7.56. The van der Waals surface area contributed by atoms with Crippen molar-refractivity contribution in [2.24, 2.45) is 0 Å². The van der Waals surface area contributed by atoms with Gasteiger partial charge in [0.25, 0.3) is 0 Å². The zero-order valence-corrected chi connectivity index (χ0v) is 15.6. The maximum absolute atomic E-state index is 6.09. The first-order valence-electron chi connectivity index (χ1n) is 9.42. The van der Waals surface area contributed by atoms with E-state index in [-0.39, 0.29) is 0 Å². The summed E-state index contributed by atoms with van der Waals surface area (Å²) in [5, 5.41) is 3.62. The van der Waals surface area contributed by atoms with E-state index in [2.05, 4.69) is 46.5 Å². The van der Waals surface area contributed by atoms with E-state index >= 15 is 0 Å². The van der Waals surface area contributed by atoms with Gasteiger partial charge in [-0.1, -0.05) is 43.5 Å². The van der Waals surface area contributed by atoms with E-state index in [1.54, 1.807) is 0 Å². The highest BCUT2D eigenvalue weighted by Gasteiger charge is 2.16. The van der Waals surface area contributed by atoms with Gasteiger partial charge in [0.05, 0.1) is 11.3 Å². The van der Waals surface area contributed by atoms with Crippen molar-refractivity contribution in [3.63, 3.8) is 0 Å². The van der Waals surface area contributed by atoms with Crippen molar-refractivity contribution >= 4 is 0 Å². The molecular formula is C21H29N3O. The van der Waals surface area contributed by atoms with Gasteiger partial charge in [0.15, 0.2) is 0 Å². The van der Waals surface area contributed by atoms with E-state index in [1.165, 1.54) is 37.7 Å². The number of benzene rings is 1. The maximum atomic E-state index is 6.09. The molecule has 0 unspecified atom stereocenters. The van der Waals surface area contributed by atoms with Crippen molar-refractivity contribution < 1.29 is 4.74 Å². The van der Waals surface area contributed by atoms with Crippen LogP contribution in [0.3, 0.4) is 0 Å². The number of aromatic nitrogens is 2. The molecule has 134 valence electrons. The van der Waals surface area contributed by atoms with Gasteiger partial charge in [-0.25, -0.2) is 4.98 Å². The predicted octanol–water partition coefficient (Wildman–Crippen LogP) is 4.37. The summed E-state index contributed by atoms with van der Waals surface area (Å²) in [7, 11) is 0. The normalized spacial score (nSPS) is 15.3. The molecule has 25 heavy (non-hydrogen) atoms. The van der Waals surface area contributed by atoms with Crippen molar-refractivity contribution in [2.45, 2.75) is 58.9 Å². The minimum atomic E-state index is 0.630. The first-order valence-corrected chi connectivity index (χ1v) is 9.42. The summed E-state index contributed by atoms with van der Waals surface area (Å²) < 4.78 is 6.09. The van der Waals surface area contributed by atoms with Crippen molar-refractivity contribution in [3.8, 4) is 17.0 Å². The highest BCUT2D eigenvalue weighted by molar-refractivity contribution is 5.73. The van der Waals surface area contributed by atoms with Crippen LogP contribution in [0.15, 0.2) is 24.3 Å². The average molecular weight is 339 g/mol. The molecule has 0 spiro atoms. The third-order valence-electron chi connectivity index (χ3n) is 4.96. The van der Waals surface area contributed by atoms with Crippen molar-refractivity contribution in [1.82, 2.24) is 15.3 Å². The van der Waals surface area contributed by atoms with Crippen LogP contribution in [0, 0.1) is 20.8 Å². The number of rotatable bonds is 6. The second-order valence-corrected chi connectivity index (χ2v) is 6.99. The predicted molar refractivity (Wildman–Crippen MR) is 102 cm³/mol. The Bertz CT molecular complexity index is 708. The fraction of sp³-hybridized carbons (Fsp3) is 0.524.